The number of Topliss-reactive ketones (excluding diaryl/α,β-unsaturated/α-hetero) is 2. The maximum atomic E-state index is 12.3. The van der Waals surface area contributed by atoms with E-state index in [0.29, 0.717) is 17.7 Å². The van der Waals surface area contributed by atoms with Gasteiger partial charge in [-0.3, -0.25) is 9.59 Å². The molecule has 2 aromatic rings. The number of hydrogen-bond donors (Lipinski definition) is 0. The summed E-state index contributed by atoms with van der Waals surface area (Å²) in [4.78, 5) is 24.6. The molecular formula is C19H16O3. The average Bonchev–Trinajstić information content (AvgIpc) is 2.80. The van der Waals surface area contributed by atoms with Gasteiger partial charge in [-0.25, -0.2) is 0 Å². The normalized spacial score (nSPS) is 13.2. The van der Waals surface area contributed by atoms with Crippen molar-refractivity contribution >= 4 is 17.6 Å². The fraction of sp³-hybridized carbons (Fsp3) is 0.158. The lowest BCUT2D eigenvalue weighted by Crippen LogP contribution is -2.00. The molecule has 0 unspecified atom stereocenters. The quantitative estimate of drug-likeness (QED) is 0.633. The third kappa shape index (κ3) is 2.58. The Bertz CT molecular complexity index is 718. The summed E-state index contributed by atoms with van der Waals surface area (Å²) >= 11 is 0. The van der Waals surface area contributed by atoms with Crippen molar-refractivity contribution in [2.75, 3.05) is 6.61 Å². The summed E-state index contributed by atoms with van der Waals surface area (Å²) in [6, 6.07) is 14.3. The van der Waals surface area contributed by atoms with Gasteiger partial charge in [0.15, 0.2) is 11.6 Å². The predicted octanol–water partition coefficient (Wildman–Crippen LogP) is 3.94. The second-order valence-electron chi connectivity index (χ2n) is 5.18. The van der Waals surface area contributed by atoms with Crippen LogP contribution >= 0.6 is 0 Å². The maximum absolute atomic E-state index is 12.3. The van der Waals surface area contributed by atoms with Crippen molar-refractivity contribution in [3.05, 3.63) is 70.8 Å². The minimum atomic E-state index is -0.202. The van der Waals surface area contributed by atoms with Crippen LogP contribution in [0.4, 0.5) is 0 Å². The van der Waals surface area contributed by atoms with Crippen LogP contribution in [0, 0.1) is 0 Å². The van der Waals surface area contributed by atoms with Gasteiger partial charge in [-0.1, -0.05) is 43.3 Å². The van der Waals surface area contributed by atoms with E-state index in [9.17, 15) is 9.59 Å². The number of carbonyl (C=O) groups excluding carboxylic acids is 2. The SMILES string of the molecule is CCCOc1ccc(C=C2C(=O)c3ccccc3C2=O)cc1. The number of fused-ring (bicyclic) bond motifs is 1. The highest BCUT2D eigenvalue weighted by Gasteiger charge is 2.32. The van der Waals surface area contributed by atoms with Crippen molar-refractivity contribution < 1.29 is 14.3 Å². The Morgan fingerprint density at radius 2 is 1.50 bits per heavy atom. The molecule has 3 heteroatoms. The predicted molar refractivity (Wildman–Crippen MR) is 85.3 cm³/mol. The first-order chi connectivity index (χ1) is 10.7. The molecule has 0 bridgehead atoms. The van der Waals surface area contributed by atoms with E-state index in [1.807, 2.05) is 31.2 Å². The van der Waals surface area contributed by atoms with Gasteiger partial charge >= 0.3 is 0 Å². The van der Waals surface area contributed by atoms with Crippen molar-refractivity contribution in [1.82, 2.24) is 0 Å². The maximum Gasteiger partial charge on any atom is 0.197 e. The number of rotatable bonds is 4. The van der Waals surface area contributed by atoms with E-state index in [0.717, 1.165) is 17.7 Å². The molecule has 0 aliphatic heterocycles. The number of hydrogen-bond acceptors (Lipinski definition) is 3. The summed E-state index contributed by atoms with van der Waals surface area (Å²) in [6.07, 6.45) is 2.60. The van der Waals surface area contributed by atoms with Crippen LogP contribution in [-0.2, 0) is 0 Å². The van der Waals surface area contributed by atoms with Crippen molar-refractivity contribution in [3.63, 3.8) is 0 Å². The Labute approximate surface area is 129 Å². The minimum absolute atomic E-state index is 0.202. The third-order valence-electron chi connectivity index (χ3n) is 3.57. The van der Waals surface area contributed by atoms with Crippen LogP contribution < -0.4 is 4.74 Å². The molecule has 0 saturated heterocycles. The first-order valence-electron chi connectivity index (χ1n) is 7.33. The van der Waals surface area contributed by atoms with E-state index < -0.39 is 0 Å². The van der Waals surface area contributed by atoms with Gasteiger partial charge in [0.1, 0.15) is 5.75 Å². The molecule has 3 rings (SSSR count). The topological polar surface area (TPSA) is 43.4 Å². The lowest BCUT2D eigenvalue weighted by atomic mass is 10.1. The Kier molecular flexibility index (Phi) is 3.88. The molecule has 1 aliphatic carbocycles. The Balaban J connectivity index is 1.87. The molecule has 0 spiro atoms. The van der Waals surface area contributed by atoms with Gasteiger partial charge in [0, 0.05) is 11.1 Å². The molecule has 0 amide bonds. The van der Waals surface area contributed by atoms with E-state index >= 15 is 0 Å². The zero-order valence-electron chi connectivity index (χ0n) is 12.3. The molecule has 0 radical (unpaired) electrons. The van der Waals surface area contributed by atoms with Gasteiger partial charge in [0.05, 0.1) is 12.2 Å². The number of allylic oxidation sites excluding steroid dienone is 1. The molecular weight excluding hydrogens is 276 g/mol. The molecule has 1 aliphatic rings. The first-order valence-corrected chi connectivity index (χ1v) is 7.33. The van der Waals surface area contributed by atoms with Crippen molar-refractivity contribution in [2.45, 2.75) is 13.3 Å². The van der Waals surface area contributed by atoms with Crippen LogP contribution in [0.5, 0.6) is 5.75 Å². The number of ketones is 2. The lowest BCUT2D eigenvalue weighted by Gasteiger charge is -2.04. The summed E-state index contributed by atoms with van der Waals surface area (Å²) in [5, 5.41) is 0. The van der Waals surface area contributed by atoms with Crippen LogP contribution in [0.25, 0.3) is 6.08 Å². The number of benzene rings is 2. The molecule has 0 heterocycles. The van der Waals surface area contributed by atoms with Crippen molar-refractivity contribution in [2.24, 2.45) is 0 Å². The zero-order chi connectivity index (χ0) is 15.5. The van der Waals surface area contributed by atoms with Crippen molar-refractivity contribution in [1.29, 1.82) is 0 Å². The second kappa shape index (κ2) is 5.98. The van der Waals surface area contributed by atoms with Gasteiger partial charge in [-0.05, 0) is 30.2 Å². The summed E-state index contributed by atoms with van der Waals surface area (Å²) in [6.45, 7) is 2.72. The standard InChI is InChI=1S/C19H16O3/c1-2-11-22-14-9-7-13(8-10-14)12-17-18(20)15-5-3-4-6-16(15)19(17)21/h3-10,12H,2,11H2,1H3. The highest BCUT2D eigenvalue weighted by molar-refractivity contribution is 6.41. The van der Waals surface area contributed by atoms with E-state index in [-0.39, 0.29) is 17.1 Å². The Morgan fingerprint density at radius 3 is 2.05 bits per heavy atom. The molecule has 22 heavy (non-hydrogen) atoms. The molecule has 0 aromatic heterocycles. The number of ether oxygens (including phenoxy) is 1. The van der Waals surface area contributed by atoms with Crippen LogP contribution in [0.15, 0.2) is 54.1 Å². The second-order valence-corrected chi connectivity index (χ2v) is 5.18. The minimum Gasteiger partial charge on any atom is -0.494 e. The van der Waals surface area contributed by atoms with Gasteiger partial charge in [0.2, 0.25) is 0 Å². The summed E-state index contributed by atoms with van der Waals surface area (Å²) in [7, 11) is 0. The molecule has 0 saturated carbocycles. The molecule has 2 aromatic carbocycles. The molecule has 0 atom stereocenters. The van der Waals surface area contributed by atoms with E-state index in [1.165, 1.54) is 0 Å². The fourth-order valence-corrected chi connectivity index (χ4v) is 2.45. The van der Waals surface area contributed by atoms with Crippen molar-refractivity contribution in [3.8, 4) is 5.75 Å². The van der Waals surface area contributed by atoms with Crippen LogP contribution in [0.2, 0.25) is 0 Å². The van der Waals surface area contributed by atoms with Gasteiger partial charge < -0.3 is 4.74 Å². The highest BCUT2D eigenvalue weighted by atomic mass is 16.5. The van der Waals surface area contributed by atoms with Crippen LogP contribution in [-0.4, -0.2) is 18.2 Å². The molecule has 3 nitrogen and oxygen atoms in total. The summed E-state index contributed by atoms with van der Waals surface area (Å²) in [5.74, 6) is 0.384. The largest absolute Gasteiger partial charge is 0.494 e. The van der Waals surface area contributed by atoms with Crippen LogP contribution in [0.3, 0.4) is 0 Å². The zero-order valence-corrected chi connectivity index (χ0v) is 12.3. The lowest BCUT2D eigenvalue weighted by molar-refractivity contribution is 0.0990. The van der Waals surface area contributed by atoms with Crippen LogP contribution in [0.1, 0.15) is 39.6 Å². The first kappa shape index (κ1) is 14.3. The van der Waals surface area contributed by atoms with E-state index in [2.05, 4.69) is 0 Å². The van der Waals surface area contributed by atoms with Gasteiger partial charge in [-0.15, -0.1) is 0 Å². The van der Waals surface area contributed by atoms with E-state index in [4.69, 9.17) is 4.74 Å². The smallest absolute Gasteiger partial charge is 0.197 e. The summed E-state index contributed by atoms with van der Waals surface area (Å²) in [5.41, 5.74) is 2.01. The Morgan fingerprint density at radius 1 is 0.909 bits per heavy atom. The number of carbonyl (C=O) groups is 2. The molecule has 110 valence electrons. The highest BCUT2D eigenvalue weighted by Crippen LogP contribution is 2.28. The van der Waals surface area contributed by atoms with Gasteiger partial charge in [-0.2, -0.15) is 0 Å². The van der Waals surface area contributed by atoms with Gasteiger partial charge in [0.25, 0.3) is 0 Å². The Hall–Kier alpha value is -2.68. The summed E-state index contributed by atoms with van der Waals surface area (Å²) < 4.78 is 5.52. The third-order valence-corrected chi connectivity index (χ3v) is 3.57. The van der Waals surface area contributed by atoms with E-state index in [1.54, 1.807) is 30.3 Å². The average molecular weight is 292 g/mol. The molecule has 0 fully saturated rings. The monoisotopic (exact) mass is 292 g/mol. The fourth-order valence-electron chi connectivity index (χ4n) is 2.45. The molecule has 0 N–H and O–H groups in total.